The molecule has 2 heterocycles. The monoisotopic (exact) mass is 304 g/mol. The Bertz CT molecular complexity index is 508. The predicted molar refractivity (Wildman–Crippen MR) is 88.8 cm³/mol. The summed E-state index contributed by atoms with van der Waals surface area (Å²) in [5.41, 5.74) is 2.03. The van der Waals surface area contributed by atoms with Crippen LogP contribution in [0.4, 0.5) is 0 Å². The summed E-state index contributed by atoms with van der Waals surface area (Å²) in [5.74, 6) is 0.580. The van der Waals surface area contributed by atoms with Gasteiger partial charge in [0.25, 0.3) is 5.91 Å². The van der Waals surface area contributed by atoms with E-state index in [0.29, 0.717) is 11.6 Å². The number of rotatable bonds is 6. The number of nitrogens with zero attached hydrogens (tertiary/aromatic N) is 3. The normalized spacial score (nSPS) is 16.5. The molecule has 0 atom stereocenters. The number of likely N-dealkylation sites (tertiary alicyclic amines) is 1. The van der Waals surface area contributed by atoms with E-state index in [1.165, 1.54) is 5.57 Å². The van der Waals surface area contributed by atoms with Gasteiger partial charge in [0.1, 0.15) is 5.69 Å². The third kappa shape index (κ3) is 4.70. The summed E-state index contributed by atoms with van der Waals surface area (Å²) in [5, 5.41) is 7.20. The van der Waals surface area contributed by atoms with Crippen LogP contribution >= 0.6 is 0 Å². The van der Waals surface area contributed by atoms with Crippen molar-refractivity contribution in [3.63, 3.8) is 0 Å². The van der Waals surface area contributed by atoms with E-state index in [-0.39, 0.29) is 5.91 Å². The smallest absolute Gasteiger partial charge is 0.269 e. The highest BCUT2D eigenvalue weighted by Crippen LogP contribution is 2.16. The van der Waals surface area contributed by atoms with E-state index in [2.05, 4.69) is 35.2 Å². The Morgan fingerprint density at radius 1 is 1.41 bits per heavy atom. The first-order valence-electron chi connectivity index (χ1n) is 8.26. The minimum Gasteiger partial charge on any atom is -0.350 e. The minimum atomic E-state index is -0.00804. The number of aromatic nitrogens is 2. The maximum atomic E-state index is 12.2. The molecule has 0 bridgehead atoms. The van der Waals surface area contributed by atoms with Gasteiger partial charge in [-0.2, -0.15) is 5.10 Å². The zero-order chi connectivity index (χ0) is 15.9. The summed E-state index contributed by atoms with van der Waals surface area (Å²) < 4.78 is 1.73. The molecule has 1 aromatic rings. The highest BCUT2D eigenvalue weighted by atomic mass is 16.2. The van der Waals surface area contributed by atoms with Gasteiger partial charge in [0.15, 0.2) is 0 Å². The Labute approximate surface area is 133 Å². The molecule has 0 radical (unpaired) electrons. The summed E-state index contributed by atoms with van der Waals surface area (Å²) in [6, 6.07) is 1.78. The molecule has 122 valence electrons. The lowest BCUT2D eigenvalue weighted by Crippen LogP contribution is -2.39. The molecule has 1 N–H and O–H groups in total. The number of hydrogen-bond donors (Lipinski definition) is 1. The van der Waals surface area contributed by atoms with Crippen LogP contribution in [-0.4, -0.2) is 46.8 Å². The highest BCUT2D eigenvalue weighted by Gasteiger charge is 2.20. The van der Waals surface area contributed by atoms with Gasteiger partial charge in [-0.1, -0.05) is 11.6 Å². The van der Waals surface area contributed by atoms with Crippen molar-refractivity contribution in [1.82, 2.24) is 20.0 Å². The van der Waals surface area contributed by atoms with E-state index >= 15 is 0 Å². The number of nitrogens with one attached hydrogen (secondary N) is 1. The molecular formula is C17H28N4O. The van der Waals surface area contributed by atoms with Crippen LogP contribution < -0.4 is 5.32 Å². The van der Waals surface area contributed by atoms with Crippen LogP contribution in [0.1, 0.15) is 44.1 Å². The first-order valence-corrected chi connectivity index (χ1v) is 8.26. The van der Waals surface area contributed by atoms with E-state index in [9.17, 15) is 4.79 Å². The van der Waals surface area contributed by atoms with Crippen molar-refractivity contribution in [3.05, 3.63) is 29.6 Å². The molecule has 5 nitrogen and oxygen atoms in total. The van der Waals surface area contributed by atoms with Crippen molar-refractivity contribution < 1.29 is 4.79 Å². The van der Waals surface area contributed by atoms with E-state index in [0.717, 1.165) is 45.6 Å². The quantitative estimate of drug-likeness (QED) is 0.821. The maximum Gasteiger partial charge on any atom is 0.269 e. The zero-order valence-electron chi connectivity index (χ0n) is 14.0. The lowest BCUT2D eigenvalue weighted by atomic mass is 9.96. The van der Waals surface area contributed by atoms with Gasteiger partial charge in [-0.05, 0) is 58.7 Å². The molecule has 0 saturated carbocycles. The van der Waals surface area contributed by atoms with Crippen LogP contribution in [0.15, 0.2) is 23.9 Å². The van der Waals surface area contributed by atoms with Crippen molar-refractivity contribution in [1.29, 1.82) is 0 Å². The Morgan fingerprint density at radius 2 is 2.14 bits per heavy atom. The topological polar surface area (TPSA) is 50.2 Å². The van der Waals surface area contributed by atoms with Gasteiger partial charge in [0, 0.05) is 25.8 Å². The fourth-order valence-corrected chi connectivity index (χ4v) is 2.79. The summed E-state index contributed by atoms with van der Waals surface area (Å²) in [7, 11) is 0. The number of piperidine rings is 1. The number of allylic oxidation sites excluding steroid dienone is 1. The molecule has 1 amide bonds. The molecule has 1 saturated heterocycles. The minimum absolute atomic E-state index is 0.00804. The van der Waals surface area contributed by atoms with Crippen molar-refractivity contribution in [2.75, 3.05) is 26.2 Å². The average Bonchev–Trinajstić information content (AvgIpc) is 3.00. The van der Waals surface area contributed by atoms with Crippen molar-refractivity contribution in [3.8, 4) is 0 Å². The molecule has 1 fully saturated rings. The molecule has 1 aliphatic rings. The molecule has 0 spiro atoms. The van der Waals surface area contributed by atoms with Gasteiger partial charge >= 0.3 is 0 Å². The second-order valence-corrected chi connectivity index (χ2v) is 6.27. The number of carbonyl (C=O) groups is 1. The third-order valence-electron chi connectivity index (χ3n) is 4.26. The molecule has 1 aromatic heterocycles. The molecular weight excluding hydrogens is 276 g/mol. The van der Waals surface area contributed by atoms with Gasteiger partial charge in [-0.15, -0.1) is 0 Å². The fraction of sp³-hybridized carbons (Fsp3) is 0.647. The average molecular weight is 304 g/mol. The van der Waals surface area contributed by atoms with Crippen LogP contribution in [0.25, 0.3) is 0 Å². The summed E-state index contributed by atoms with van der Waals surface area (Å²) in [4.78, 5) is 14.7. The van der Waals surface area contributed by atoms with E-state index in [1.54, 1.807) is 16.9 Å². The van der Waals surface area contributed by atoms with Gasteiger partial charge < -0.3 is 5.32 Å². The molecule has 2 rings (SSSR count). The first kappa shape index (κ1) is 16.7. The Kier molecular flexibility index (Phi) is 6.19. The van der Waals surface area contributed by atoms with Gasteiger partial charge in [-0.3, -0.25) is 14.4 Å². The third-order valence-corrected chi connectivity index (χ3v) is 4.26. The molecule has 22 heavy (non-hydrogen) atoms. The largest absolute Gasteiger partial charge is 0.350 e. The van der Waals surface area contributed by atoms with Crippen LogP contribution in [0.3, 0.4) is 0 Å². The SMILES string of the molecule is CCn1nccc1C(=O)NCC1CCN(CC=C(C)C)CC1. The maximum absolute atomic E-state index is 12.2. The van der Waals surface area contributed by atoms with Crippen LogP contribution in [0.5, 0.6) is 0 Å². The Balaban J connectivity index is 1.73. The second-order valence-electron chi connectivity index (χ2n) is 6.27. The van der Waals surface area contributed by atoms with Crippen molar-refractivity contribution in [2.45, 2.75) is 40.2 Å². The first-order chi connectivity index (χ1) is 10.6. The molecule has 0 aliphatic carbocycles. The molecule has 5 heteroatoms. The van der Waals surface area contributed by atoms with Crippen molar-refractivity contribution in [2.24, 2.45) is 5.92 Å². The number of carbonyl (C=O) groups excluding carboxylic acids is 1. The van der Waals surface area contributed by atoms with E-state index in [4.69, 9.17) is 0 Å². The standard InChI is InChI=1S/C17H28N4O/c1-4-21-16(5-9-19-21)17(22)18-13-15-7-11-20(12-8-15)10-6-14(2)3/h5-6,9,15H,4,7-8,10-13H2,1-3H3,(H,18,22). The molecule has 0 unspecified atom stereocenters. The molecule has 1 aliphatic heterocycles. The van der Waals surface area contributed by atoms with E-state index < -0.39 is 0 Å². The van der Waals surface area contributed by atoms with Crippen LogP contribution in [0, 0.1) is 5.92 Å². The summed E-state index contributed by atoms with van der Waals surface area (Å²) >= 11 is 0. The predicted octanol–water partition coefficient (Wildman–Crippen LogP) is 2.31. The fourth-order valence-electron chi connectivity index (χ4n) is 2.79. The second kappa shape index (κ2) is 8.13. The highest BCUT2D eigenvalue weighted by molar-refractivity contribution is 5.92. The summed E-state index contributed by atoms with van der Waals surface area (Å²) in [6.07, 6.45) is 6.28. The summed E-state index contributed by atoms with van der Waals surface area (Å²) in [6.45, 7) is 11.1. The number of aryl methyl sites for hydroxylation is 1. The van der Waals surface area contributed by atoms with E-state index in [1.807, 2.05) is 6.92 Å². The lowest BCUT2D eigenvalue weighted by Gasteiger charge is -2.31. The van der Waals surface area contributed by atoms with Gasteiger partial charge in [0.05, 0.1) is 0 Å². The van der Waals surface area contributed by atoms with Gasteiger partial charge in [-0.25, -0.2) is 0 Å². The zero-order valence-corrected chi connectivity index (χ0v) is 14.0. The lowest BCUT2D eigenvalue weighted by molar-refractivity contribution is 0.0927. The molecule has 0 aromatic carbocycles. The Morgan fingerprint density at radius 3 is 2.77 bits per heavy atom. The van der Waals surface area contributed by atoms with Crippen LogP contribution in [-0.2, 0) is 6.54 Å². The van der Waals surface area contributed by atoms with Gasteiger partial charge in [0.2, 0.25) is 0 Å². The number of hydrogen-bond acceptors (Lipinski definition) is 3. The number of amides is 1. The van der Waals surface area contributed by atoms with Crippen molar-refractivity contribution >= 4 is 5.91 Å². The van der Waals surface area contributed by atoms with Crippen LogP contribution in [0.2, 0.25) is 0 Å². The Hall–Kier alpha value is -1.62.